The van der Waals surface area contributed by atoms with Crippen molar-refractivity contribution in [1.82, 2.24) is 4.90 Å². The topological polar surface area (TPSA) is 44.1 Å². The molecule has 0 aliphatic carbocycles. The predicted molar refractivity (Wildman–Crippen MR) is 31.9 cm³/mol. The van der Waals surface area contributed by atoms with Crippen LogP contribution in [0, 0.1) is 17.2 Å². The van der Waals surface area contributed by atoms with Gasteiger partial charge in [-0.3, -0.25) is 4.79 Å². The van der Waals surface area contributed by atoms with Crippen LogP contribution in [0.2, 0.25) is 0 Å². The van der Waals surface area contributed by atoms with E-state index < -0.39 is 5.37 Å². The lowest BCUT2D eigenvalue weighted by atomic mass is 10.0. The van der Waals surface area contributed by atoms with Crippen LogP contribution in [-0.4, -0.2) is 23.4 Å². The molecule has 0 aromatic carbocycles. The number of hydrogen-bond acceptors (Lipinski definition) is 2. The summed E-state index contributed by atoms with van der Waals surface area (Å²) in [6.45, 7) is 0.998. The number of nitrogens with zero attached hydrogens (tertiary/aromatic N) is 2. The largest absolute Gasteiger partial charge is 0.326 e. The summed E-state index contributed by atoms with van der Waals surface area (Å²) >= 11 is 5.08. The number of likely N-dealkylation sites (tertiary alicyclic amines) is 1. The van der Waals surface area contributed by atoms with Gasteiger partial charge < -0.3 is 4.90 Å². The quantitative estimate of drug-likeness (QED) is 0.373. The van der Waals surface area contributed by atoms with Crippen molar-refractivity contribution in [1.29, 1.82) is 5.26 Å². The van der Waals surface area contributed by atoms with Gasteiger partial charge in [-0.1, -0.05) is 0 Å². The fraction of sp³-hybridized carbons (Fsp3) is 0.600. The third-order valence-electron chi connectivity index (χ3n) is 1.31. The first-order valence-corrected chi connectivity index (χ1v) is 2.96. The molecular formula is C5H5ClN2O. The zero-order chi connectivity index (χ0) is 6.85. The van der Waals surface area contributed by atoms with Gasteiger partial charge in [-0.25, -0.2) is 0 Å². The number of carbonyl (C=O) groups excluding carboxylic acids is 1. The highest BCUT2D eigenvalue weighted by molar-refractivity contribution is 6.62. The molecule has 0 radical (unpaired) electrons. The Morgan fingerprint density at radius 1 is 1.78 bits per heavy atom. The molecule has 0 spiro atoms. The summed E-state index contributed by atoms with van der Waals surface area (Å²) in [6, 6.07) is 2.03. The minimum atomic E-state index is -0.457. The second-order valence-electron chi connectivity index (χ2n) is 1.98. The molecule has 0 atom stereocenters. The highest BCUT2D eigenvalue weighted by Gasteiger charge is 2.28. The molecule has 4 heteroatoms. The van der Waals surface area contributed by atoms with Crippen LogP contribution in [0.3, 0.4) is 0 Å². The second-order valence-corrected chi connectivity index (χ2v) is 2.31. The maximum Gasteiger partial charge on any atom is 0.316 e. The minimum Gasteiger partial charge on any atom is -0.326 e. The summed E-state index contributed by atoms with van der Waals surface area (Å²) in [5, 5.41) is 7.80. The molecular weight excluding hydrogens is 140 g/mol. The van der Waals surface area contributed by atoms with Crippen molar-refractivity contribution in [3.05, 3.63) is 0 Å². The Hall–Kier alpha value is -0.750. The molecule has 0 unspecified atom stereocenters. The van der Waals surface area contributed by atoms with Crippen molar-refractivity contribution in [2.45, 2.75) is 0 Å². The molecule has 1 saturated heterocycles. The Morgan fingerprint density at radius 3 is 2.67 bits per heavy atom. The van der Waals surface area contributed by atoms with E-state index in [0.717, 1.165) is 0 Å². The Bertz CT molecular complexity index is 168. The van der Waals surface area contributed by atoms with Crippen LogP contribution < -0.4 is 0 Å². The van der Waals surface area contributed by atoms with Gasteiger partial charge in [0, 0.05) is 13.1 Å². The smallest absolute Gasteiger partial charge is 0.316 e. The van der Waals surface area contributed by atoms with E-state index >= 15 is 0 Å². The van der Waals surface area contributed by atoms with Crippen molar-refractivity contribution in [3.8, 4) is 6.07 Å². The molecule has 1 aliphatic heterocycles. The summed E-state index contributed by atoms with van der Waals surface area (Å²) in [4.78, 5) is 11.7. The SMILES string of the molecule is N#CC1CN(C(=O)Cl)C1. The van der Waals surface area contributed by atoms with Gasteiger partial charge >= 0.3 is 5.37 Å². The lowest BCUT2D eigenvalue weighted by Crippen LogP contribution is -2.47. The highest BCUT2D eigenvalue weighted by Crippen LogP contribution is 2.15. The summed E-state index contributed by atoms with van der Waals surface area (Å²) in [5.74, 6) is 0.00713. The Morgan fingerprint density at radius 2 is 2.33 bits per heavy atom. The highest BCUT2D eigenvalue weighted by atomic mass is 35.5. The number of halogens is 1. The average molecular weight is 145 g/mol. The molecule has 1 fully saturated rings. The number of nitriles is 1. The lowest BCUT2D eigenvalue weighted by molar-refractivity contribution is 0.165. The third kappa shape index (κ3) is 1.14. The number of amides is 1. The summed E-state index contributed by atoms with van der Waals surface area (Å²) in [7, 11) is 0. The number of carbonyl (C=O) groups is 1. The van der Waals surface area contributed by atoms with Crippen LogP contribution in [0.4, 0.5) is 4.79 Å². The zero-order valence-corrected chi connectivity index (χ0v) is 5.43. The number of rotatable bonds is 0. The van der Waals surface area contributed by atoms with Crippen LogP contribution in [-0.2, 0) is 0 Å². The molecule has 1 aliphatic rings. The van der Waals surface area contributed by atoms with Gasteiger partial charge in [0.2, 0.25) is 0 Å². The molecule has 1 rings (SSSR count). The van der Waals surface area contributed by atoms with E-state index in [1.54, 1.807) is 0 Å². The van der Waals surface area contributed by atoms with Crippen molar-refractivity contribution in [2.75, 3.05) is 13.1 Å². The molecule has 0 N–H and O–H groups in total. The van der Waals surface area contributed by atoms with E-state index in [1.165, 1.54) is 4.90 Å². The molecule has 0 saturated carbocycles. The maximum absolute atomic E-state index is 10.3. The Labute approximate surface area is 57.8 Å². The van der Waals surface area contributed by atoms with E-state index in [4.69, 9.17) is 16.9 Å². The van der Waals surface area contributed by atoms with Crippen LogP contribution >= 0.6 is 11.6 Å². The molecule has 0 bridgehead atoms. The predicted octanol–water partition coefficient (Wildman–Crippen LogP) is 0.801. The number of hydrogen-bond donors (Lipinski definition) is 0. The summed E-state index contributed by atoms with van der Waals surface area (Å²) < 4.78 is 0. The molecule has 0 aromatic heterocycles. The van der Waals surface area contributed by atoms with Gasteiger partial charge in [-0.05, 0) is 11.6 Å². The molecule has 1 amide bonds. The minimum absolute atomic E-state index is 0.00713. The molecule has 0 aromatic rings. The van der Waals surface area contributed by atoms with Gasteiger partial charge in [0.15, 0.2) is 0 Å². The summed E-state index contributed by atoms with van der Waals surface area (Å²) in [5.41, 5.74) is 0. The Kier molecular flexibility index (Phi) is 1.58. The van der Waals surface area contributed by atoms with Crippen LogP contribution in [0.5, 0.6) is 0 Å². The van der Waals surface area contributed by atoms with E-state index in [9.17, 15) is 4.79 Å². The normalized spacial score (nSPS) is 18.4. The maximum atomic E-state index is 10.3. The van der Waals surface area contributed by atoms with Crippen molar-refractivity contribution in [3.63, 3.8) is 0 Å². The van der Waals surface area contributed by atoms with Crippen LogP contribution in [0.15, 0.2) is 0 Å². The molecule has 1 heterocycles. The van der Waals surface area contributed by atoms with Gasteiger partial charge in [0.05, 0.1) is 12.0 Å². The van der Waals surface area contributed by atoms with Gasteiger partial charge in [0.1, 0.15) is 0 Å². The lowest BCUT2D eigenvalue weighted by Gasteiger charge is -2.32. The third-order valence-corrected chi connectivity index (χ3v) is 1.55. The van der Waals surface area contributed by atoms with E-state index in [-0.39, 0.29) is 5.92 Å². The molecule has 9 heavy (non-hydrogen) atoms. The summed E-state index contributed by atoms with van der Waals surface area (Å²) in [6.07, 6.45) is 0. The van der Waals surface area contributed by atoms with Crippen molar-refractivity contribution < 1.29 is 4.79 Å². The average Bonchev–Trinajstić information content (AvgIpc) is 1.61. The molecule has 48 valence electrons. The van der Waals surface area contributed by atoms with Crippen molar-refractivity contribution >= 4 is 17.0 Å². The monoisotopic (exact) mass is 144 g/mol. The first-order chi connectivity index (χ1) is 4.24. The van der Waals surface area contributed by atoms with Crippen LogP contribution in [0.25, 0.3) is 0 Å². The van der Waals surface area contributed by atoms with Crippen LogP contribution in [0.1, 0.15) is 0 Å². The van der Waals surface area contributed by atoms with E-state index in [2.05, 4.69) is 0 Å². The first-order valence-electron chi connectivity index (χ1n) is 2.58. The Balaban J connectivity index is 2.29. The first kappa shape index (κ1) is 6.37. The van der Waals surface area contributed by atoms with Gasteiger partial charge in [-0.15, -0.1) is 0 Å². The van der Waals surface area contributed by atoms with E-state index in [1.807, 2.05) is 6.07 Å². The fourth-order valence-electron chi connectivity index (χ4n) is 0.704. The van der Waals surface area contributed by atoms with Gasteiger partial charge in [0.25, 0.3) is 0 Å². The standard InChI is InChI=1S/C5H5ClN2O/c6-5(9)8-2-4(1-7)3-8/h4H,2-3H2. The van der Waals surface area contributed by atoms with E-state index in [0.29, 0.717) is 13.1 Å². The zero-order valence-electron chi connectivity index (χ0n) is 4.67. The molecule has 3 nitrogen and oxygen atoms in total. The fourth-order valence-corrected chi connectivity index (χ4v) is 0.842. The second kappa shape index (κ2) is 2.24. The van der Waals surface area contributed by atoms with Crippen molar-refractivity contribution in [2.24, 2.45) is 5.92 Å². The van der Waals surface area contributed by atoms with Gasteiger partial charge in [-0.2, -0.15) is 5.26 Å².